The van der Waals surface area contributed by atoms with Crippen LogP contribution in [-0.4, -0.2) is 31.3 Å². The maximum Gasteiger partial charge on any atom is 0.326 e. The normalized spacial score (nSPS) is 34.8. The van der Waals surface area contributed by atoms with Crippen molar-refractivity contribution in [2.24, 2.45) is 11.1 Å². The van der Waals surface area contributed by atoms with Crippen molar-refractivity contribution in [3.63, 3.8) is 0 Å². The van der Waals surface area contributed by atoms with Crippen molar-refractivity contribution in [1.82, 2.24) is 0 Å². The highest BCUT2D eigenvalue weighted by Gasteiger charge is 2.63. The Balaban J connectivity index is 2.74. The van der Waals surface area contributed by atoms with Crippen molar-refractivity contribution in [1.29, 1.82) is 0 Å². The first kappa shape index (κ1) is 11.5. The molecule has 1 aliphatic rings. The fourth-order valence-corrected chi connectivity index (χ4v) is 1.96. The highest BCUT2D eigenvalue weighted by molar-refractivity contribution is 5.83. The second-order valence-corrected chi connectivity index (χ2v) is 4.33. The van der Waals surface area contributed by atoms with Gasteiger partial charge in [-0.3, -0.25) is 4.79 Å². The second kappa shape index (κ2) is 3.51. The molecule has 0 amide bonds. The van der Waals surface area contributed by atoms with Gasteiger partial charge in [-0.05, 0) is 6.92 Å². The van der Waals surface area contributed by atoms with Gasteiger partial charge in [0, 0.05) is 18.4 Å². The van der Waals surface area contributed by atoms with Gasteiger partial charge in [0.05, 0.1) is 13.2 Å². The molecule has 2 atom stereocenters. The molecule has 0 heterocycles. The standard InChI is InChI=1S/C10H19NO3/c1-5-14-7-6-10(11,8(12)13-4)9(7,2)3/h7H,5-6,11H2,1-4H3/t7-,10-/m1/s1. The molecule has 0 aromatic carbocycles. The molecule has 0 bridgehead atoms. The number of hydrogen-bond donors (Lipinski definition) is 1. The second-order valence-electron chi connectivity index (χ2n) is 4.33. The van der Waals surface area contributed by atoms with Crippen molar-refractivity contribution in [3.05, 3.63) is 0 Å². The van der Waals surface area contributed by atoms with Gasteiger partial charge in [0.2, 0.25) is 0 Å². The molecule has 82 valence electrons. The smallest absolute Gasteiger partial charge is 0.326 e. The molecular weight excluding hydrogens is 182 g/mol. The molecule has 1 saturated carbocycles. The van der Waals surface area contributed by atoms with Crippen LogP contribution in [0.5, 0.6) is 0 Å². The van der Waals surface area contributed by atoms with E-state index >= 15 is 0 Å². The maximum atomic E-state index is 11.5. The molecule has 0 radical (unpaired) electrons. The molecule has 1 rings (SSSR count). The molecule has 0 unspecified atom stereocenters. The monoisotopic (exact) mass is 201 g/mol. The fourth-order valence-electron chi connectivity index (χ4n) is 1.96. The Labute approximate surface area is 84.7 Å². The lowest BCUT2D eigenvalue weighted by Crippen LogP contribution is -2.73. The van der Waals surface area contributed by atoms with E-state index in [1.54, 1.807) is 0 Å². The lowest BCUT2D eigenvalue weighted by atomic mass is 9.54. The molecule has 0 aliphatic heterocycles. The zero-order chi connectivity index (χ0) is 11.0. The van der Waals surface area contributed by atoms with Crippen molar-refractivity contribution < 1.29 is 14.3 Å². The van der Waals surface area contributed by atoms with E-state index in [1.807, 2.05) is 20.8 Å². The minimum Gasteiger partial charge on any atom is -0.468 e. The van der Waals surface area contributed by atoms with Crippen LogP contribution in [0.15, 0.2) is 0 Å². The highest BCUT2D eigenvalue weighted by Crippen LogP contribution is 2.50. The summed E-state index contributed by atoms with van der Waals surface area (Å²) in [6, 6.07) is 0. The summed E-state index contributed by atoms with van der Waals surface area (Å²) in [6.45, 7) is 6.46. The number of methoxy groups -OCH3 is 1. The first-order valence-corrected chi connectivity index (χ1v) is 4.89. The molecule has 1 fully saturated rings. The average molecular weight is 201 g/mol. The quantitative estimate of drug-likeness (QED) is 0.682. The highest BCUT2D eigenvalue weighted by atomic mass is 16.5. The van der Waals surface area contributed by atoms with E-state index in [4.69, 9.17) is 15.2 Å². The predicted molar refractivity (Wildman–Crippen MR) is 52.7 cm³/mol. The van der Waals surface area contributed by atoms with Gasteiger partial charge in [-0.2, -0.15) is 0 Å². The molecule has 2 N–H and O–H groups in total. The fraction of sp³-hybridized carbons (Fsp3) is 0.900. The number of rotatable bonds is 3. The van der Waals surface area contributed by atoms with E-state index in [2.05, 4.69) is 0 Å². The van der Waals surface area contributed by atoms with Crippen LogP contribution in [-0.2, 0) is 14.3 Å². The molecule has 1 aliphatic carbocycles. The average Bonchev–Trinajstić information content (AvgIpc) is 2.16. The molecule has 4 nitrogen and oxygen atoms in total. The van der Waals surface area contributed by atoms with E-state index < -0.39 is 5.54 Å². The molecule has 4 heteroatoms. The van der Waals surface area contributed by atoms with E-state index in [9.17, 15) is 4.79 Å². The minimum absolute atomic E-state index is 0.0524. The molecular formula is C10H19NO3. The number of esters is 1. The molecule has 0 aromatic rings. The Morgan fingerprint density at radius 2 is 2.14 bits per heavy atom. The van der Waals surface area contributed by atoms with Crippen molar-refractivity contribution >= 4 is 5.97 Å². The van der Waals surface area contributed by atoms with Crippen LogP contribution < -0.4 is 5.73 Å². The summed E-state index contributed by atoms with van der Waals surface area (Å²) < 4.78 is 10.2. The molecule has 0 saturated heterocycles. The van der Waals surface area contributed by atoms with Crippen LogP contribution in [0.2, 0.25) is 0 Å². The van der Waals surface area contributed by atoms with Gasteiger partial charge >= 0.3 is 5.97 Å². The lowest BCUT2D eigenvalue weighted by molar-refractivity contribution is -0.187. The number of ether oxygens (including phenoxy) is 2. The summed E-state index contributed by atoms with van der Waals surface area (Å²) in [6.07, 6.45) is 0.595. The predicted octanol–water partition coefficient (Wildman–Crippen LogP) is 0.692. The first-order valence-electron chi connectivity index (χ1n) is 4.89. The Kier molecular flexibility index (Phi) is 2.88. The summed E-state index contributed by atoms with van der Waals surface area (Å²) in [5.74, 6) is -0.349. The third kappa shape index (κ3) is 1.33. The van der Waals surface area contributed by atoms with Crippen LogP contribution in [0.1, 0.15) is 27.2 Å². The van der Waals surface area contributed by atoms with Crippen molar-refractivity contribution in [2.45, 2.75) is 38.8 Å². The Hall–Kier alpha value is -0.610. The summed E-state index contributed by atoms with van der Waals surface area (Å²) in [5, 5.41) is 0. The Bertz CT molecular complexity index is 240. The zero-order valence-corrected chi connectivity index (χ0v) is 9.29. The largest absolute Gasteiger partial charge is 0.468 e. The first-order chi connectivity index (χ1) is 6.40. The van der Waals surface area contributed by atoms with Crippen LogP contribution in [0.4, 0.5) is 0 Å². The van der Waals surface area contributed by atoms with Gasteiger partial charge in [-0.25, -0.2) is 0 Å². The van der Waals surface area contributed by atoms with Crippen LogP contribution in [0.3, 0.4) is 0 Å². The molecule has 0 aromatic heterocycles. The van der Waals surface area contributed by atoms with Gasteiger partial charge in [0.1, 0.15) is 5.54 Å². The van der Waals surface area contributed by atoms with Gasteiger partial charge in [0.15, 0.2) is 0 Å². The van der Waals surface area contributed by atoms with Crippen LogP contribution in [0, 0.1) is 5.41 Å². The summed E-state index contributed by atoms with van der Waals surface area (Å²) in [4.78, 5) is 11.5. The van der Waals surface area contributed by atoms with Gasteiger partial charge in [-0.1, -0.05) is 13.8 Å². The number of nitrogens with two attached hydrogens (primary N) is 1. The van der Waals surface area contributed by atoms with E-state index in [0.717, 1.165) is 0 Å². The number of hydrogen-bond acceptors (Lipinski definition) is 4. The summed E-state index contributed by atoms with van der Waals surface area (Å²) >= 11 is 0. The minimum atomic E-state index is -0.887. The van der Waals surface area contributed by atoms with Gasteiger partial charge in [-0.15, -0.1) is 0 Å². The summed E-state index contributed by atoms with van der Waals surface area (Å²) in [7, 11) is 1.36. The zero-order valence-electron chi connectivity index (χ0n) is 9.29. The number of carbonyl (C=O) groups is 1. The van der Waals surface area contributed by atoms with Gasteiger partial charge in [0.25, 0.3) is 0 Å². The van der Waals surface area contributed by atoms with Gasteiger partial charge < -0.3 is 15.2 Å². The molecule has 0 spiro atoms. The molecule has 14 heavy (non-hydrogen) atoms. The van der Waals surface area contributed by atoms with E-state index in [-0.39, 0.29) is 17.5 Å². The third-order valence-corrected chi connectivity index (χ3v) is 3.38. The number of carbonyl (C=O) groups excluding carboxylic acids is 1. The van der Waals surface area contributed by atoms with Crippen LogP contribution in [0.25, 0.3) is 0 Å². The van der Waals surface area contributed by atoms with Crippen LogP contribution >= 0.6 is 0 Å². The topological polar surface area (TPSA) is 61.5 Å². The van der Waals surface area contributed by atoms with E-state index in [0.29, 0.717) is 13.0 Å². The SMILES string of the molecule is CCO[C@@H]1C[C@@](N)(C(=O)OC)C1(C)C. The maximum absolute atomic E-state index is 11.5. The van der Waals surface area contributed by atoms with Crippen molar-refractivity contribution in [3.8, 4) is 0 Å². The lowest BCUT2D eigenvalue weighted by Gasteiger charge is -2.56. The van der Waals surface area contributed by atoms with E-state index in [1.165, 1.54) is 7.11 Å². The Morgan fingerprint density at radius 1 is 1.57 bits per heavy atom. The summed E-state index contributed by atoms with van der Waals surface area (Å²) in [5.41, 5.74) is 4.76. The van der Waals surface area contributed by atoms with Crippen molar-refractivity contribution in [2.75, 3.05) is 13.7 Å². The Morgan fingerprint density at radius 3 is 2.50 bits per heavy atom. The third-order valence-electron chi connectivity index (χ3n) is 3.38.